The Morgan fingerprint density at radius 3 is 2.43 bits per heavy atom. The average molecular weight is 313 g/mol. The van der Waals surface area contributed by atoms with E-state index in [-0.39, 0.29) is 11.7 Å². The van der Waals surface area contributed by atoms with Crippen LogP contribution in [0.1, 0.15) is 29.3 Å². The van der Waals surface area contributed by atoms with Gasteiger partial charge in [-0.05, 0) is 31.0 Å². The van der Waals surface area contributed by atoms with Crippen molar-refractivity contribution in [3.05, 3.63) is 35.4 Å². The second-order valence-corrected chi connectivity index (χ2v) is 7.10. The SMILES string of the molecule is CCS(=O)(=O)N(C)CCCNC(=O)c1ccc(CN)cc1. The first-order valence-corrected chi connectivity index (χ1v) is 8.53. The van der Waals surface area contributed by atoms with Gasteiger partial charge in [0.25, 0.3) is 5.91 Å². The minimum absolute atomic E-state index is 0.0867. The lowest BCUT2D eigenvalue weighted by atomic mass is 10.1. The quantitative estimate of drug-likeness (QED) is 0.685. The van der Waals surface area contributed by atoms with Crippen molar-refractivity contribution in [3.8, 4) is 0 Å². The first-order chi connectivity index (χ1) is 9.90. The van der Waals surface area contributed by atoms with Gasteiger partial charge in [0.1, 0.15) is 0 Å². The van der Waals surface area contributed by atoms with E-state index in [1.54, 1.807) is 26.1 Å². The molecule has 3 N–H and O–H groups in total. The molecule has 0 aliphatic heterocycles. The predicted molar refractivity (Wildman–Crippen MR) is 83.4 cm³/mol. The Bertz CT molecular complexity index is 555. The van der Waals surface area contributed by atoms with Crippen molar-refractivity contribution in [2.45, 2.75) is 19.9 Å². The molecule has 0 aliphatic rings. The first kappa shape index (κ1) is 17.6. The van der Waals surface area contributed by atoms with Gasteiger partial charge in [0.2, 0.25) is 10.0 Å². The number of benzene rings is 1. The topological polar surface area (TPSA) is 92.5 Å². The van der Waals surface area contributed by atoms with Crippen molar-refractivity contribution in [3.63, 3.8) is 0 Å². The fourth-order valence-corrected chi connectivity index (χ4v) is 2.61. The van der Waals surface area contributed by atoms with Crippen LogP contribution in [-0.4, -0.2) is 44.5 Å². The predicted octanol–water partition coefficient (Wildman–Crippen LogP) is 0.547. The fraction of sp³-hybridized carbons (Fsp3) is 0.500. The molecule has 1 amide bonds. The molecule has 0 spiro atoms. The fourth-order valence-electron chi connectivity index (χ4n) is 1.76. The summed E-state index contributed by atoms with van der Waals surface area (Å²) in [4.78, 5) is 11.9. The van der Waals surface area contributed by atoms with Crippen molar-refractivity contribution < 1.29 is 13.2 Å². The Labute approximate surface area is 126 Å². The highest BCUT2D eigenvalue weighted by Gasteiger charge is 2.14. The molecule has 1 aromatic carbocycles. The minimum atomic E-state index is -3.15. The maximum atomic E-state index is 11.9. The highest BCUT2D eigenvalue weighted by atomic mass is 32.2. The lowest BCUT2D eigenvalue weighted by molar-refractivity contribution is 0.0953. The highest BCUT2D eigenvalue weighted by Crippen LogP contribution is 2.04. The molecule has 0 bridgehead atoms. The van der Waals surface area contributed by atoms with Gasteiger partial charge in [0.05, 0.1) is 5.75 Å². The smallest absolute Gasteiger partial charge is 0.251 e. The van der Waals surface area contributed by atoms with Crippen molar-refractivity contribution in [1.29, 1.82) is 0 Å². The summed E-state index contributed by atoms with van der Waals surface area (Å²) in [7, 11) is -1.60. The van der Waals surface area contributed by atoms with Gasteiger partial charge in [-0.15, -0.1) is 0 Å². The number of nitrogens with one attached hydrogen (secondary N) is 1. The molecular weight excluding hydrogens is 290 g/mol. The Morgan fingerprint density at radius 2 is 1.90 bits per heavy atom. The maximum Gasteiger partial charge on any atom is 0.251 e. The molecule has 118 valence electrons. The summed E-state index contributed by atoms with van der Waals surface area (Å²) < 4.78 is 24.4. The van der Waals surface area contributed by atoms with Gasteiger partial charge < -0.3 is 11.1 Å². The minimum Gasteiger partial charge on any atom is -0.352 e. The number of rotatable bonds is 8. The average Bonchev–Trinajstić information content (AvgIpc) is 2.51. The van der Waals surface area contributed by atoms with Crippen molar-refractivity contribution in [2.24, 2.45) is 5.73 Å². The van der Waals surface area contributed by atoms with Crippen LogP contribution in [0.3, 0.4) is 0 Å². The normalized spacial score (nSPS) is 11.6. The van der Waals surface area contributed by atoms with Crippen LogP contribution in [0.2, 0.25) is 0 Å². The number of sulfonamides is 1. The summed E-state index contributed by atoms with van der Waals surface area (Å²) >= 11 is 0. The summed E-state index contributed by atoms with van der Waals surface area (Å²) in [6.07, 6.45) is 0.572. The van der Waals surface area contributed by atoms with Gasteiger partial charge in [-0.2, -0.15) is 0 Å². The number of hydrogen-bond donors (Lipinski definition) is 2. The molecule has 0 heterocycles. The molecule has 0 atom stereocenters. The molecule has 0 radical (unpaired) electrons. The van der Waals surface area contributed by atoms with E-state index in [1.807, 2.05) is 12.1 Å². The molecule has 7 heteroatoms. The Morgan fingerprint density at radius 1 is 1.29 bits per heavy atom. The van der Waals surface area contributed by atoms with Crippen LogP contribution in [0.25, 0.3) is 0 Å². The van der Waals surface area contributed by atoms with Crippen LogP contribution in [0.15, 0.2) is 24.3 Å². The number of amides is 1. The molecule has 0 unspecified atom stereocenters. The largest absolute Gasteiger partial charge is 0.352 e. The van der Waals surface area contributed by atoms with E-state index in [1.165, 1.54) is 4.31 Å². The van der Waals surface area contributed by atoms with Crippen LogP contribution in [0, 0.1) is 0 Å². The molecule has 0 saturated heterocycles. The number of nitrogens with zero attached hydrogens (tertiary/aromatic N) is 1. The summed E-state index contributed by atoms with van der Waals surface area (Å²) in [6, 6.07) is 7.09. The van der Waals surface area contributed by atoms with Crippen molar-refractivity contribution >= 4 is 15.9 Å². The number of carbonyl (C=O) groups is 1. The van der Waals surface area contributed by atoms with Crippen molar-refractivity contribution in [2.75, 3.05) is 25.9 Å². The summed E-state index contributed by atoms with van der Waals surface area (Å²) in [6.45, 7) is 2.88. The van der Waals surface area contributed by atoms with E-state index in [9.17, 15) is 13.2 Å². The lowest BCUT2D eigenvalue weighted by Gasteiger charge is -2.15. The van der Waals surface area contributed by atoms with Gasteiger partial charge in [-0.3, -0.25) is 4.79 Å². The first-order valence-electron chi connectivity index (χ1n) is 6.92. The second kappa shape index (κ2) is 8.11. The summed E-state index contributed by atoms with van der Waals surface area (Å²) in [5.41, 5.74) is 7.04. The lowest BCUT2D eigenvalue weighted by Crippen LogP contribution is -2.32. The van der Waals surface area contributed by atoms with Crippen LogP contribution in [0.5, 0.6) is 0 Å². The maximum absolute atomic E-state index is 11.9. The third-order valence-corrected chi connectivity index (χ3v) is 5.09. The van der Waals surface area contributed by atoms with E-state index in [0.29, 0.717) is 31.6 Å². The Kier molecular flexibility index (Phi) is 6.80. The zero-order valence-electron chi connectivity index (χ0n) is 12.5. The van der Waals surface area contributed by atoms with Gasteiger partial charge in [0, 0.05) is 32.2 Å². The molecule has 6 nitrogen and oxygen atoms in total. The number of nitrogens with two attached hydrogens (primary N) is 1. The molecule has 21 heavy (non-hydrogen) atoms. The van der Waals surface area contributed by atoms with Crippen molar-refractivity contribution in [1.82, 2.24) is 9.62 Å². The summed E-state index contributed by atoms with van der Waals surface area (Å²) in [5, 5.41) is 2.77. The van der Waals surface area contributed by atoms with Crippen LogP contribution in [0.4, 0.5) is 0 Å². The zero-order valence-corrected chi connectivity index (χ0v) is 13.3. The van der Waals surface area contributed by atoms with Gasteiger partial charge in [-0.1, -0.05) is 12.1 Å². The Balaban J connectivity index is 2.37. The molecule has 0 aromatic heterocycles. The highest BCUT2D eigenvalue weighted by molar-refractivity contribution is 7.89. The molecule has 1 aromatic rings. The van der Waals surface area contributed by atoms with Gasteiger partial charge >= 0.3 is 0 Å². The monoisotopic (exact) mass is 313 g/mol. The third kappa shape index (κ3) is 5.45. The van der Waals surface area contributed by atoms with E-state index in [2.05, 4.69) is 5.32 Å². The van der Waals surface area contributed by atoms with Crippen LogP contribution < -0.4 is 11.1 Å². The molecular formula is C14H23N3O3S. The van der Waals surface area contributed by atoms with E-state index in [4.69, 9.17) is 5.73 Å². The van der Waals surface area contributed by atoms with E-state index in [0.717, 1.165) is 5.56 Å². The van der Waals surface area contributed by atoms with E-state index < -0.39 is 10.0 Å². The second-order valence-electron chi connectivity index (χ2n) is 4.73. The molecule has 0 saturated carbocycles. The Hall–Kier alpha value is -1.44. The number of carbonyl (C=O) groups excluding carboxylic acids is 1. The van der Waals surface area contributed by atoms with Crippen LogP contribution >= 0.6 is 0 Å². The zero-order chi connectivity index (χ0) is 15.9. The standard InChI is InChI=1S/C14H23N3O3S/c1-3-21(19,20)17(2)10-4-9-16-14(18)13-7-5-12(11-15)6-8-13/h5-8H,3-4,9-11,15H2,1-2H3,(H,16,18). The third-order valence-electron chi connectivity index (χ3n) is 3.23. The molecule has 1 rings (SSSR count). The molecule has 0 fully saturated rings. The van der Waals surface area contributed by atoms with Crippen LogP contribution in [-0.2, 0) is 16.6 Å². The summed E-state index contributed by atoms with van der Waals surface area (Å²) in [5.74, 6) is -0.0804. The molecule has 0 aliphatic carbocycles. The number of hydrogen-bond acceptors (Lipinski definition) is 4. The van der Waals surface area contributed by atoms with Gasteiger partial charge in [0.15, 0.2) is 0 Å². The van der Waals surface area contributed by atoms with Gasteiger partial charge in [-0.25, -0.2) is 12.7 Å². The van der Waals surface area contributed by atoms with E-state index >= 15 is 0 Å².